The van der Waals surface area contributed by atoms with Gasteiger partial charge in [0.05, 0.1) is 6.04 Å². The second kappa shape index (κ2) is 4.14. The predicted octanol–water partition coefficient (Wildman–Crippen LogP) is 1.74. The van der Waals surface area contributed by atoms with Crippen LogP contribution in [0.5, 0.6) is 0 Å². The van der Waals surface area contributed by atoms with Crippen molar-refractivity contribution in [2.45, 2.75) is 32.2 Å². The molecule has 5 heteroatoms. The summed E-state index contributed by atoms with van der Waals surface area (Å²) in [6.45, 7) is 7.28. The summed E-state index contributed by atoms with van der Waals surface area (Å²) in [6, 6.07) is 0.229. The van der Waals surface area contributed by atoms with Gasteiger partial charge in [0.1, 0.15) is 0 Å². The fourth-order valence-corrected chi connectivity index (χ4v) is 2.33. The van der Waals surface area contributed by atoms with Crippen LogP contribution in [0.15, 0.2) is 4.52 Å². The van der Waals surface area contributed by atoms with Crippen molar-refractivity contribution in [2.75, 3.05) is 18.1 Å². The van der Waals surface area contributed by atoms with Crippen LogP contribution < -0.4 is 5.32 Å². The Kier molecular flexibility index (Phi) is 3.02. The number of aromatic nitrogens is 2. The Labute approximate surface area is 94.2 Å². The Morgan fingerprint density at radius 3 is 2.80 bits per heavy atom. The standard InChI is InChI=1S/C10H17N3OS/c1-10(2,3)9-12-8(14-13-9)7-6-15-5-4-11-7/h7,11H,4-6H2,1-3H3. The maximum absolute atomic E-state index is 5.29. The highest BCUT2D eigenvalue weighted by atomic mass is 32.2. The summed E-state index contributed by atoms with van der Waals surface area (Å²) in [6.07, 6.45) is 0. The van der Waals surface area contributed by atoms with E-state index in [9.17, 15) is 0 Å². The van der Waals surface area contributed by atoms with Crippen molar-refractivity contribution in [1.82, 2.24) is 15.5 Å². The first-order valence-corrected chi connectivity index (χ1v) is 6.38. The fourth-order valence-electron chi connectivity index (χ4n) is 1.41. The molecule has 0 amide bonds. The molecule has 84 valence electrons. The van der Waals surface area contributed by atoms with Gasteiger partial charge >= 0.3 is 0 Å². The lowest BCUT2D eigenvalue weighted by Gasteiger charge is -2.19. The Balaban J connectivity index is 2.12. The van der Waals surface area contributed by atoms with E-state index in [1.165, 1.54) is 0 Å². The van der Waals surface area contributed by atoms with E-state index >= 15 is 0 Å². The van der Waals surface area contributed by atoms with E-state index in [2.05, 4.69) is 36.2 Å². The van der Waals surface area contributed by atoms with E-state index in [0.29, 0.717) is 0 Å². The third kappa shape index (κ3) is 2.52. The molecule has 1 atom stereocenters. The molecule has 4 nitrogen and oxygen atoms in total. The van der Waals surface area contributed by atoms with E-state index in [1.54, 1.807) is 0 Å². The van der Waals surface area contributed by atoms with Gasteiger partial charge in [-0.3, -0.25) is 0 Å². The molecule has 1 N–H and O–H groups in total. The topological polar surface area (TPSA) is 51.0 Å². The van der Waals surface area contributed by atoms with Crippen molar-refractivity contribution in [3.63, 3.8) is 0 Å². The van der Waals surface area contributed by atoms with Crippen molar-refractivity contribution >= 4 is 11.8 Å². The van der Waals surface area contributed by atoms with Crippen LogP contribution in [0.4, 0.5) is 0 Å². The minimum atomic E-state index is -0.0381. The number of rotatable bonds is 1. The number of hydrogen-bond donors (Lipinski definition) is 1. The van der Waals surface area contributed by atoms with Gasteiger partial charge in [-0.1, -0.05) is 25.9 Å². The molecular formula is C10H17N3OS. The number of nitrogens with zero attached hydrogens (tertiary/aromatic N) is 2. The van der Waals surface area contributed by atoms with Gasteiger partial charge in [0.15, 0.2) is 5.82 Å². The summed E-state index contributed by atoms with van der Waals surface area (Å²) in [5.41, 5.74) is -0.0381. The summed E-state index contributed by atoms with van der Waals surface area (Å²) >= 11 is 1.92. The molecule has 1 aromatic heterocycles. The summed E-state index contributed by atoms with van der Waals surface area (Å²) in [5, 5.41) is 7.41. The number of thioether (sulfide) groups is 1. The molecule has 0 radical (unpaired) electrons. The summed E-state index contributed by atoms with van der Waals surface area (Å²) in [5.74, 6) is 3.70. The second-order valence-corrected chi connectivity index (χ2v) is 5.94. The molecule has 1 saturated heterocycles. The van der Waals surface area contributed by atoms with Crippen molar-refractivity contribution < 1.29 is 4.52 Å². The molecule has 0 spiro atoms. The molecule has 1 aliphatic rings. The molecule has 1 fully saturated rings. The summed E-state index contributed by atoms with van der Waals surface area (Å²) in [4.78, 5) is 4.45. The molecule has 0 aliphatic carbocycles. The number of nitrogens with one attached hydrogen (secondary N) is 1. The second-order valence-electron chi connectivity index (χ2n) is 4.79. The summed E-state index contributed by atoms with van der Waals surface area (Å²) in [7, 11) is 0. The SMILES string of the molecule is CC(C)(C)c1noc(C2CSCCN2)n1. The van der Waals surface area contributed by atoms with Crippen LogP contribution in [0.1, 0.15) is 38.5 Å². The van der Waals surface area contributed by atoms with Crippen LogP contribution >= 0.6 is 11.8 Å². The van der Waals surface area contributed by atoms with Gasteiger partial charge in [-0.2, -0.15) is 16.7 Å². The Morgan fingerprint density at radius 2 is 2.27 bits per heavy atom. The minimum Gasteiger partial charge on any atom is -0.338 e. The van der Waals surface area contributed by atoms with E-state index in [4.69, 9.17) is 4.52 Å². The van der Waals surface area contributed by atoms with Gasteiger partial charge in [-0.25, -0.2) is 0 Å². The van der Waals surface area contributed by atoms with Crippen LogP contribution in [-0.4, -0.2) is 28.2 Å². The molecule has 2 heterocycles. The van der Waals surface area contributed by atoms with Crippen molar-refractivity contribution in [3.8, 4) is 0 Å². The lowest BCUT2D eigenvalue weighted by molar-refractivity contribution is 0.333. The van der Waals surface area contributed by atoms with Crippen LogP contribution in [0.25, 0.3) is 0 Å². The normalized spacial score (nSPS) is 23.0. The average Bonchev–Trinajstić information content (AvgIpc) is 2.67. The molecule has 1 aromatic rings. The first-order valence-electron chi connectivity index (χ1n) is 5.22. The van der Waals surface area contributed by atoms with E-state index in [1.807, 2.05) is 11.8 Å². The third-order valence-electron chi connectivity index (χ3n) is 2.33. The zero-order valence-electron chi connectivity index (χ0n) is 9.41. The largest absolute Gasteiger partial charge is 0.338 e. The lowest BCUT2D eigenvalue weighted by Crippen LogP contribution is -2.30. The molecule has 1 aliphatic heterocycles. The van der Waals surface area contributed by atoms with Crippen LogP contribution in [0.3, 0.4) is 0 Å². The summed E-state index contributed by atoms with van der Waals surface area (Å²) < 4.78 is 5.29. The van der Waals surface area contributed by atoms with Gasteiger partial charge in [0, 0.05) is 23.5 Å². The van der Waals surface area contributed by atoms with Crippen molar-refractivity contribution in [2.24, 2.45) is 0 Å². The first-order chi connectivity index (χ1) is 7.07. The van der Waals surface area contributed by atoms with Crippen molar-refractivity contribution in [3.05, 3.63) is 11.7 Å². The van der Waals surface area contributed by atoms with E-state index in [0.717, 1.165) is 29.8 Å². The Hall–Kier alpha value is -0.550. The monoisotopic (exact) mass is 227 g/mol. The molecular weight excluding hydrogens is 210 g/mol. The van der Waals surface area contributed by atoms with Crippen LogP contribution in [-0.2, 0) is 5.41 Å². The Morgan fingerprint density at radius 1 is 1.47 bits per heavy atom. The fraction of sp³-hybridized carbons (Fsp3) is 0.800. The number of hydrogen-bond acceptors (Lipinski definition) is 5. The highest BCUT2D eigenvalue weighted by Crippen LogP contribution is 2.24. The van der Waals surface area contributed by atoms with E-state index < -0.39 is 0 Å². The molecule has 15 heavy (non-hydrogen) atoms. The van der Waals surface area contributed by atoms with E-state index in [-0.39, 0.29) is 11.5 Å². The smallest absolute Gasteiger partial charge is 0.244 e. The minimum absolute atomic E-state index is 0.0381. The zero-order valence-corrected chi connectivity index (χ0v) is 10.2. The first kappa shape index (κ1) is 11.0. The van der Waals surface area contributed by atoms with Gasteiger partial charge in [-0.15, -0.1) is 0 Å². The molecule has 1 unspecified atom stereocenters. The molecule has 0 bridgehead atoms. The highest BCUT2D eigenvalue weighted by Gasteiger charge is 2.25. The van der Waals surface area contributed by atoms with Gasteiger partial charge in [-0.05, 0) is 0 Å². The molecule has 0 aromatic carbocycles. The lowest BCUT2D eigenvalue weighted by atomic mass is 9.96. The predicted molar refractivity (Wildman–Crippen MR) is 61.1 cm³/mol. The van der Waals surface area contributed by atoms with Crippen LogP contribution in [0.2, 0.25) is 0 Å². The maximum atomic E-state index is 5.29. The highest BCUT2D eigenvalue weighted by molar-refractivity contribution is 7.99. The molecule has 2 rings (SSSR count). The quantitative estimate of drug-likeness (QED) is 0.792. The molecule has 0 saturated carbocycles. The van der Waals surface area contributed by atoms with Gasteiger partial charge < -0.3 is 9.84 Å². The van der Waals surface area contributed by atoms with Gasteiger partial charge in [0.25, 0.3) is 0 Å². The average molecular weight is 227 g/mol. The maximum Gasteiger partial charge on any atom is 0.244 e. The van der Waals surface area contributed by atoms with Gasteiger partial charge in [0.2, 0.25) is 5.89 Å². The van der Waals surface area contributed by atoms with Crippen LogP contribution in [0, 0.1) is 0 Å². The zero-order chi connectivity index (χ0) is 10.9. The van der Waals surface area contributed by atoms with Crippen molar-refractivity contribution in [1.29, 1.82) is 0 Å². The third-order valence-corrected chi connectivity index (χ3v) is 3.39. The Bertz CT molecular complexity index is 326.